The van der Waals surface area contributed by atoms with Gasteiger partial charge in [-0.15, -0.1) is 0 Å². The number of nitrogens with zero attached hydrogens (tertiary/aromatic N) is 2. The zero-order chi connectivity index (χ0) is 15.0. The van der Waals surface area contributed by atoms with Gasteiger partial charge in [0, 0.05) is 18.1 Å². The van der Waals surface area contributed by atoms with Crippen LogP contribution in [-0.2, 0) is 10.0 Å². The molecular weight excluding hydrogens is 312 g/mol. The van der Waals surface area contributed by atoms with Gasteiger partial charge in [-0.3, -0.25) is 19.5 Å². The van der Waals surface area contributed by atoms with Crippen LogP contribution in [0.1, 0.15) is 5.69 Å². The minimum Gasteiger partial charge on any atom is -0.315 e. The second kappa shape index (κ2) is 4.93. The Kier molecular flexibility index (Phi) is 3.22. The molecule has 0 unspecified atom stereocenters. The third-order valence-corrected chi connectivity index (χ3v) is 5.73. The van der Waals surface area contributed by atoms with Gasteiger partial charge < -0.3 is 4.98 Å². The molecular formula is C12H10N4O3S2. The number of sulfonamides is 1. The highest BCUT2D eigenvalue weighted by Gasteiger charge is 2.20. The smallest absolute Gasteiger partial charge is 0.306 e. The van der Waals surface area contributed by atoms with Gasteiger partial charge in [0.05, 0.1) is 16.7 Å². The van der Waals surface area contributed by atoms with E-state index in [1.54, 1.807) is 31.3 Å². The Hall–Kier alpha value is -2.26. The summed E-state index contributed by atoms with van der Waals surface area (Å²) in [5.41, 5.74) is 1.93. The van der Waals surface area contributed by atoms with Crippen molar-refractivity contribution in [3.63, 3.8) is 0 Å². The summed E-state index contributed by atoms with van der Waals surface area (Å²) >= 11 is 0.655. The van der Waals surface area contributed by atoms with E-state index < -0.39 is 14.9 Å². The number of aromatic nitrogens is 3. The molecule has 3 aromatic rings. The monoisotopic (exact) mass is 322 g/mol. The molecule has 0 fully saturated rings. The number of hydrogen-bond donors (Lipinski definition) is 2. The van der Waals surface area contributed by atoms with Crippen LogP contribution in [0.4, 0.5) is 5.69 Å². The minimum atomic E-state index is -3.80. The number of benzene rings is 1. The number of thiazole rings is 1. The average molecular weight is 322 g/mol. The molecule has 2 heterocycles. The van der Waals surface area contributed by atoms with Crippen molar-refractivity contribution in [2.45, 2.75) is 11.1 Å². The molecule has 1 aromatic carbocycles. The van der Waals surface area contributed by atoms with Crippen molar-refractivity contribution in [1.82, 2.24) is 15.0 Å². The van der Waals surface area contributed by atoms with Crippen LogP contribution in [0, 0.1) is 6.92 Å². The molecule has 0 aliphatic carbocycles. The number of aromatic amines is 1. The lowest BCUT2D eigenvalue weighted by Crippen LogP contribution is -2.12. The fraction of sp³-hybridized carbons (Fsp3) is 0.0833. The second-order valence-electron chi connectivity index (χ2n) is 4.29. The molecule has 0 spiro atoms. The molecule has 7 nitrogen and oxygen atoms in total. The maximum atomic E-state index is 12.3. The lowest BCUT2D eigenvalue weighted by atomic mass is 10.3. The quantitative estimate of drug-likeness (QED) is 0.760. The number of H-pyrrole nitrogens is 1. The number of rotatable bonds is 3. The first-order chi connectivity index (χ1) is 9.95. The van der Waals surface area contributed by atoms with Crippen LogP contribution in [0.15, 0.2) is 39.6 Å². The maximum Gasteiger partial charge on any atom is 0.306 e. The van der Waals surface area contributed by atoms with E-state index in [4.69, 9.17) is 0 Å². The summed E-state index contributed by atoms with van der Waals surface area (Å²) in [5.74, 6) is 0. The highest BCUT2D eigenvalue weighted by atomic mass is 32.2. The summed E-state index contributed by atoms with van der Waals surface area (Å²) in [6.07, 6.45) is 3.09. The van der Waals surface area contributed by atoms with E-state index in [-0.39, 0.29) is 4.21 Å². The van der Waals surface area contributed by atoms with E-state index in [0.29, 0.717) is 33.8 Å². The van der Waals surface area contributed by atoms with Gasteiger partial charge in [-0.25, -0.2) is 8.42 Å². The molecule has 0 bridgehead atoms. The van der Waals surface area contributed by atoms with Gasteiger partial charge in [-0.2, -0.15) is 0 Å². The van der Waals surface area contributed by atoms with E-state index in [1.165, 1.54) is 6.20 Å². The van der Waals surface area contributed by atoms with E-state index in [2.05, 4.69) is 19.7 Å². The summed E-state index contributed by atoms with van der Waals surface area (Å²) in [7, 11) is -3.80. The van der Waals surface area contributed by atoms with Crippen molar-refractivity contribution >= 4 is 38.1 Å². The summed E-state index contributed by atoms with van der Waals surface area (Å²) in [6.45, 7) is 1.54. The van der Waals surface area contributed by atoms with E-state index in [0.717, 1.165) is 0 Å². The summed E-state index contributed by atoms with van der Waals surface area (Å²) in [4.78, 5) is 21.5. The van der Waals surface area contributed by atoms with Crippen LogP contribution in [0.3, 0.4) is 0 Å². The molecule has 0 aliphatic rings. The maximum absolute atomic E-state index is 12.3. The fourth-order valence-corrected chi connectivity index (χ4v) is 4.23. The van der Waals surface area contributed by atoms with E-state index >= 15 is 0 Å². The molecule has 21 heavy (non-hydrogen) atoms. The Morgan fingerprint density at radius 1 is 1.19 bits per heavy atom. The van der Waals surface area contributed by atoms with Crippen LogP contribution in [0.2, 0.25) is 0 Å². The van der Waals surface area contributed by atoms with Gasteiger partial charge in [-0.1, -0.05) is 11.3 Å². The summed E-state index contributed by atoms with van der Waals surface area (Å²) in [5, 5.41) is 0. The van der Waals surface area contributed by atoms with E-state index in [1.807, 2.05) is 0 Å². The Bertz CT molecular complexity index is 975. The summed E-state index contributed by atoms with van der Waals surface area (Å²) in [6, 6.07) is 4.86. The van der Waals surface area contributed by atoms with Crippen LogP contribution in [0.5, 0.6) is 0 Å². The topological polar surface area (TPSA) is 105 Å². The zero-order valence-corrected chi connectivity index (χ0v) is 12.5. The number of anilines is 1. The largest absolute Gasteiger partial charge is 0.315 e. The molecule has 2 N–H and O–H groups in total. The Morgan fingerprint density at radius 2 is 1.90 bits per heavy atom. The van der Waals surface area contributed by atoms with Crippen molar-refractivity contribution in [3.8, 4) is 0 Å². The Labute approximate surface area is 123 Å². The Morgan fingerprint density at radius 3 is 2.57 bits per heavy atom. The number of hydrogen-bond acceptors (Lipinski definition) is 6. The van der Waals surface area contributed by atoms with Crippen molar-refractivity contribution in [1.29, 1.82) is 0 Å². The molecule has 0 radical (unpaired) electrons. The molecule has 0 saturated carbocycles. The van der Waals surface area contributed by atoms with Gasteiger partial charge in [-0.05, 0) is 25.1 Å². The first-order valence-electron chi connectivity index (χ1n) is 5.89. The minimum absolute atomic E-state index is 0.0215. The van der Waals surface area contributed by atoms with Crippen LogP contribution in [-0.4, -0.2) is 23.4 Å². The zero-order valence-electron chi connectivity index (χ0n) is 10.8. The SMILES string of the molecule is Cc1[nH]c(=O)sc1S(=O)(=O)Nc1ccc2nccnc2c1. The van der Waals surface area contributed by atoms with Gasteiger partial charge in [0.1, 0.15) is 0 Å². The van der Waals surface area contributed by atoms with Gasteiger partial charge >= 0.3 is 4.87 Å². The van der Waals surface area contributed by atoms with E-state index in [9.17, 15) is 13.2 Å². The summed E-state index contributed by atoms with van der Waals surface area (Å²) < 4.78 is 27.0. The van der Waals surface area contributed by atoms with Crippen LogP contribution < -0.4 is 9.60 Å². The fourth-order valence-electron chi connectivity index (χ4n) is 1.88. The number of nitrogens with one attached hydrogen (secondary N) is 2. The van der Waals surface area contributed by atoms with Crippen LogP contribution in [0.25, 0.3) is 11.0 Å². The molecule has 0 atom stereocenters. The van der Waals surface area contributed by atoms with Gasteiger partial charge in [0.25, 0.3) is 10.0 Å². The third kappa shape index (κ3) is 2.65. The lowest BCUT2D eigenvalue weighted by molar-refractivity contribution is 0.602. The molecule has 3 rings (SSSR count). The van der Waals surface area contributed by atoms with Crippen molar-refractivity contribution in [3.05, 3.63) is 46.0 Å². The molecule has 2 aromatic heterocycles. The van der Waals surface area contributed by atoms with Crippen molar-refractivity contribution in [2.24, 2.45) is 0 Å². The van der Waals surface area contributed by atoms with Gasteiger partial charge in [0.15, 0.2) is 4.21 Å². The highest BCUT2D eigenvalue weighted by Crippen LogP contribution is 2.22. The predicted molar refractivity (Wildman–Crippen MR) is 80.0 cm³/mol. The molecule has 108 valence electrons. The van der Waals surface area contributed by atoms with Crippen molar-refractivity contribution in [2.75, 3.05) is 4.72 Å². The lowest BCUT2D eigenvalue weighted by Gasteiger charge is -2.07. The second-order valence-corrected chi connectivity index (χ2v) is 7.15. The average Bonchev–Trinajstić information content (AvgIpc) is 2.78. The third-order valence-electron chi connectivity index (χ3n) is 2.75. The first-order valence-corrected chi connectivity index (χ1v) is 8.19. The first kappa shape index (κ1) is 13.7. The Balaban J connectivity index is 2.01. The standard InChI is InChI=1S/C12H10N4O3S2/c1-7-11(20-12(17)15-7)21(18,19)16-8-2-3-9-10(6-8)14-5-4-13-9/h2-6,16H,1H3,(H,15,17). The molecule has 9 heteroatoms. The predicted octanol–water partition coefficient (Wildman–Crippen LogP) is 1.49. The normalized spacial score (nSPS) is 11.7. The van der Waals surface area contributed by atoms with Crippen molar-refractivity contribution < 1.29 is 8.42 Å². The highest BCUT2D eigenvalue weighted by molar-refractivity contribution is 7.94. The number of aryl methyl sites for hydroxylation is 1. The molecule has 0 saturated heterocycles. The number of fused-ring (bicyclic) bond motifs is 1. The van der Waals surface area contributed by atoms with Gasteiger partial charge in [0.2, 0.25) is 0 Å². The van der Waals surface area contributed by atoms with Crippen LogP contribution >= 0.6 is 11.3 Å². The molecule has 0 aliphatic heterocycles. The molecule has 0 amide bonds.